The normalized spacial score (nSPS) is 11.8. The van der Waals surface area contributed by atoms with Gasteiger partial charge in [0.15, 0.2) is 0 Å². The average Bonchev–Trinajstić information content (AvgIpc) is 2.98. The first kappa shape index (κ1) is 20.2. The van der Waals surface area contributed by atoms with Gasteiger partial charge in [-0.1, -0.05) is 82.0 Å². The van der Waals surface area contributed by atoms with Crippen molar-refractivity contribution in [1.29, 1.82) is 0 Å². The lowest BCUT2D eigenvalue weighted by Crippen LogP contribution is -2.11. The van der Waals surface area contributed by atoms with Crippen LogP contribution in [0.5, 0.6) is 0 Å². The van der Waals surface area contributed by atoms with Gasteiger partial charge in [0.05, 0.1) is 11.2 Å². The van der Waals surface area contributed by atoms with Crippen molar-refractivity contribution in [1.82, 2.24) is 9.55 Å². The summed E-state index contributed by atoms with van der Waals surface area (Å²) in [5.41, 5.74) is 9.94. The highest BCUT2D eigenvalue weighted by Crippen LogP contribution is 2.33. The average molecular weight is 395 g/mol. The molecule has 0 aliphatic carbocycles. The van der Waals surface area contributed by atoms with E-state index in [4.69, 9.17) is 4.98 Å². The molecule has 2 nitrogen and oxygen atoms in total. The molecule has 0 saturated heterocycles. The summed E-state index contributed by atoms with van der Waals surface area (Å²) in [6, 6.07) is 19.7. The molecule has 4 rings (SSSR count). The second kappa shape index (κ2) is 7.60. The Morgan fingerprint density at radius 2 is 1.60 bits per heavy atom. The molecule has 0 aliphatic rings. The van der Waals surface area contributed by atoms with Crippen LogP contribution >= 0.6 is 0 Å². The van der Waals surface area contributed by atoms with E-state index >= 15 is 0 Å². The van der Waals surface area contributed by atoms with Gasteiger partial charge in [-0.2, -0.15) is 0 Å². The van der Waals surface area contributed by atoms with Crippen LogP contribution in [-0.2, 0) is 12.0 Å². The van der Waals surface area contributed by atoms with Crippen LogP contribution in [0.4, 0.5) is 0 Å². The number of aromatic nitrogens is 2. The fourth-order valence-corrected chi connectivity index (χ4v) is 4.07. The van der Waals surface area contributed by atoms with Crippen molar-refractivity contribution < 1.29 is 0 Å². The van der Waals surface area contributed by atoms with Crippen LogP contribution in [0.25, 0.3) is 28.2 Å². The molecule has 2 heteroatoms. The van der Waals surface area contributed by atoms with Gasteiger partial charge in [0.1, 0.15) is 0 Å². The molecule has 30 heavy (non-hydrogen) atoms. The second-order valence-electron chi connectivity index (χ2n) is 9.13. The Hall–Kier alpha value is -3.13. The minimum atomic E-state index is 0.167. The number of aryl methyl sites for hydroxylation is 1. The summed E-state index contributed by atoms with van der Waals surface area (Å²) in [5, 5.41) is 1.27. The van der Waals surface area contributed by atoms with Crippen molar-refractivity contribution in [2.24, 2.45) is 0 Å². The van der Waals surface area contributed by atoms with Gasteiger partial charge in [-0.15, -0.1) is 0 Å². The Morgan fingerprint density at radius 3 is 2.20 bits per heavy atom. The summed E-state index contributed by atoms with van der Waals surface area (Å²) in [5.74, 6) is 0. The molecule has 152 valence electrons. The van der Waals surface area contributed by atoms with Crippen LogP contribution in [0, 0.1) is 13.8 Å². The highest BCUT2D eigenvalue weighted by molar-refractivity contribution is 5.95. The number of hydrogen-bond acceptors (Lipinski definition) is 1. The molecule has 2 aromatic carbocycles. The Bertz CT molecular complexity index is 1200. The second-order valence-corrected chi connectivity index (χ2v) is 9.13. The molecule has 0 saturated carbocycles. The molecule has 0 fully saturated rings. The third-order valence-electron chi connectivity index (χ3n) is 6.13. The third-order valence-corrected chi connectivity index (χ3v) is 6.13. The zero-order chi connectivity index (χ0) is 21.5. The van der Waals surface area contributed by atoms with Crippen molar-refractivity contribution in [3.05, 3.63) is 95.3 Å². The molecule has 2 aromatic heterocycles. The number of benzene rings is 2. The smallest absolute Gasteiger partial charge is 0.0945 e. The van der Waals surface area contributed by atoms with Crippen LogP contribution in [-0.4, -0.2) is 9.55 Å². The van der Waals surface area contributed by atoms with Gasteiger partial charge in [-0.05, 0) is 47.6 Å². The minimum Gasteiger partial charge on any atom is -0.338 e. The largest absolute Gasteiger partial charge is 0.338 e. The van der Waals surface area contributed by atoms with E-state index in [2.05, 4.69) is 100 Å². The monoisotopic (exact) mass is 394 g/mol. The van der Waals surface area contributed by atoms with Gasteiger partial charge < -0.3 is 4.57 Å². The predicted molar refractivity (Wildman–Crippen MR) is 129 cm³/mol. The summed E-state index contributed by atoms with van der Waals surface area (Å²) in [4.78, 5) is 4.79. The summed E-state index contributed by atoms with van der Waals surface area (Å²) < 4.78 is 2.42. The van der Waals surface area contributed by atoms with E-state index in [1.165, 1.54) is 33.3 Å². The number of nitrogens with zero attached hydrogens (tertiary/aromatic N) is 2. The maximum absolute atomic E-state index is 4.79. The SMILES string of the molecule is C=Cc1ccc(-c2nccc3c(C)c(C)n(Cc4ccc(C(C)(C)C)cc4)c23)cc1. The van der Waals surface area contributed by atoms with E-state index in [1.54, 1.807) is 0 Å². The number of hydrogen-bond donors (Lipinski definition) is 0. The molecule has 4 aromatic rings. The predicted octanol–water partition coefficient (Wildman–Crippen LogP) is 7.31. The maximum Gasteiger partial charge on any atom is 0.0945 e. The molecule has 0 atom stereocenters. The number of rotatable bonds is 4. The van der Waals surface area contributed by atoms with Gasteiger partial charge in [0.2, 0.25) is 0 Å². The van der Waals surface area contributed by atoms with Gasteiger partial charge in [0.25, 0.3) is 0 Å². The summed E-state index contributed by atoms with van der Waals surface area (Å²) in [7, 11) is 0. The standard InChI is InChI=1S/C28H30N2/c1-7-21-8-12-23(13-9-21)26-27-25(16-17-29-26)19(2)20(3)30(27)18-22-10-14-24(15-11-22)28(4,5)6/h7-17H,1,18H2,2-6H3. The number of pyridine rings is 1. The Labute approximate surface area is 179 Å². The Balaban J connectivity index is 1.83. The van der Waals surface area contributed by atoms with Gasteiger partial charge in [-0.3, -0.25) is 4.98 Å². The fourth-order valence-electron chi connectivity index (χ4n) is 4.07. The first-order valence-corrected chi connectivity index (χ1v) is 10.6. The molecule has 0 bridgehead atoms. The molecular weight excluding hydrogens is 364 g/mol. The summed E-state index contributed by atoms with van der Waals surface area (Å²) >= 11 is 0. The van der Waals surface area contributed by atoms with E-state index in [1.807, 2.05) is 12.3 Å². The molecule has 0 amide bonds. The zero-order valence-electron chi connectivity index (χ0n) is 18.7. The van der Waals surface area contributed by atoms with E-state index in [0.717, 1.165) is 23.4 Å². The van der Waals surface area contributed by atoms with Crippen molar-refractivity contribution >= 4 is 17.0 Å². The lowest BCUT2D eigenvalue weighted by Gasteiger charge is -2.19. The van der Waals surface area contributed by atoms with Gasteiger partial charge in [-0.25, -0.2) is 0 Å². The number of fused-ring (bicyclic) bond motifs is 1. The first-order valence-electron chi connectivity index (χ1n) is 10.6. The van der Waals surface area contributed by atoms with Crippen LogP contribution in [0.15, 0.2) is 67.4 Å². The minimum absolute atomic E-state index is 0.167. The molecule has 0 spiro atoms. The van der Waals surface area contributed by atoms with Gasteiger partial charge in [0, 0.05) is 29.4 Å². The van der Waals surface area contributed by atoms with E-state index in [9.17, 15) is 0 Å². The molecule has 0 aliphatic heterocycles. The van der Waals surface area contributed by atoms with Crippen molar-refractivity contribution in [3.63, 3.8) is 0 Å². The highest BCUT2D eigenvalue weighted by atomic mass is 15.0. The summed E-state index contributed by atoms with van der Waals surface area (Å²) in [6.45, 7) is 15.9. The molecule has 0 unspecified atom stereocenters. The van der Waals surface area contributed by atoms with Crippen LogP contribution in [0.1, 0.15) is 48.7 Å². The van der Waals surface area contributed by atoms with Crippen molar-refractivity contribution in [3.8, 4) is 11.3 Å². The van der Waals surface area contributed by atoms with E-state index in [-0.39, 0.29) is 5.41 Å². The van der Waals surface area contributed by atoms with Crippen molar-refractivity contribution in [2.45, 2.75) is 46.6 Å². The highest BCUT2D eigenvalue weighted by Gasteiger charge is 2.17. The third kappa shape index (κ3) is 3.59. The maximum atomic E-state index is 4.79. The molecular formula is C28H30N2. The van der Waals surface area contributed by atoms with Crippen LogP contribution in [0.3, 0.4) is 0 Å². The molecule has 0 radical (unpaired) electrons. The van der Waals surface area contributed by atoms with Gasteiger partial charge >= 0.3 is 0 Å². The lowest BCUT2D eigenvalue weighted by molar-refractivity contribution is 0.590. The van der Waals surface area contributed by atoms with E-state index < -0.39 is 0 Å². The fraction of sp³-hybridized carbons (Fsp3) is 0.250. The zero-order valence-corrected chi connectivity index (χ0v) is 18.7. The lowest BCUT2D eigenvalue weighted by atomic mass is 9.87. The Morgan fingerprint density at radius 1 is 0.933 bits per heavy atom. The quantitative estimate of drug-likeness (QED) is 0.355. The first-order chi connectivity index (χ1) is 14.3. The molecule has 2 heterocycles. The van der Waals surface area contributed by atoms with Crippen LogP contribution in [0.2, 0.25) is 0 Å². The molecule has 0 N–H and O–H groups in total. The van der Waals surface area contributed by atoms with Crippen LogP contribution < -0.4 is 0 Å². The van der Waals surface area contributed by atoms with E-state index in [0.29, 0.717) is 0 Å². The Kier molecular flexibility index (Phi) is 5.11. The summed E-state index contributed by atoms with van der Waals surface area (Å²) in [6.07, 6.45) is 3.80. The topological polar surface area (TPSA) is 17.8 Å². The van der Waals surface area contributed by atoms with Crippen molar-refractivity contribution in [2.75, 3.05) is 0 Å².